The first-order chi connectivity index (χ1) is 9.54. The second-order valence-electron chi connectivity index (χ2n) is 4.91. The Morgan fingerprint density at radius 1 is 1.50 bits per heavy atom. The van der Waals surface area contributed by atoms with Gasteiger partial charge in [-0.2, -0.15) is 9.29 Å². The van der Waals surface area contributed by atoms with Gasteiger partial charge in [-0.05, 0) is 24.3 Å². The Morgan fingerprint density at radius 3 is 2.95 bits per heavy atom. The van der Waals surface area contributed by atoms with Crippen molar-refractivity contribution in [2.24, 2.45) is 0 Å². The number of hydrogen-bond donors (Lipinski definition) is 0. The van der Waals surface area contributed by atoms with Crippen molar-refractivity contribution in [2.75, 3.05) is 7.05 Å². The number of rotatable bonds is 6. The van der Waals surface area contributed by atoms with E-state index in [1.807, 2.05) is 17.5 Å². The molecule has 1 saturated carbocycles. The summed E-state index contributed by atoms with van der Waals surface area (Å²) in [5, 5.41) is 5.68. The topological polar surface area (TPSA) is 76.3 Å². The Kier molecular flexibility index (Phi) is 3.61. The average molecular weight is 313 g/mol. The molecule has 2 aromatic rings. The number of thiophene rings is 1. The van der Waals surface area contributed by atoms with Crippen molar-refractivity contribution in [3.05, 3.63) is 34.1 Å². The molecule has 0 N–H and O–H groups in total. The molecule has 0 radical (unpaired) electrons. The van der Waals surface area contributed by atoms with Gasteiger partial charge in [0.25, 0.3) is 0 Å². The molecule has 8 heteroatoms. The van der Waals surface area contributed by atoms with Gasteiger partial charge in [0.1, 0.15) is 5.75 Å². The molecule has 20 heavy (non-hydrogen) atoms. The highest BCUT2D eigenvalue weighted by Crippen LogP contribution is 2.38. The minimum atomic E-state index is -3.43. The maximum Gasteiger partial charge on any atom is 0.229 e. The number of hydrogen-bond acceptors (Lipinski definition) is 6. The SMILES string of the molecule is CN(Cc1cccs1)S(=O)(=O)Cc1noc(C2CC2)n1. The first-order valence-electron chi connectivity index (χ1n) is 6.33. The van der Waals surface area contributed by atoms with Gasteiger partial charge in [-0.3, -0.25) is 0 Å². The highest BCUT2D eigenvalue weighted by Gasteiger charge is 2.30. The Bertz CT molecular complexity index is 675. The van der Waals surface area contributed by atoms with Gasteiger partial charge in [-0.15, -0.1) is 11.3 Å². The minimum Gasteiger partial charge on any atom is -0.339 e. The summed E-state index contributed by atoms with van der Waals surface area (Å²) >= 11 is 1.53. The number of sulfonamides is 1. The molecule has 1 aliphatic rings. The fourth-order valence-corrected chi connectivity index (χ4v) is 3.65. The molecule has 0 atom stereocenters. The molecule has 0 saturated heterocycles. The third-order valence-electron chi connectivity index (χ3n) is 3.16. The molecule has 3 rings (SSSR count). The standard InChI is InChI=1S/C12H15N3O3S2/c1-15(7-10-3-2-6-19-10)20(16,17)8-11-13-12(18-14-11)9-4-5-9/h2-3,6,9H,4-5,7-8H2,1H3. The van der Waals surface area contributed by atoms with E-state index >= 15 is 0 Å². The lowest BCUT2D eigenvalue weighted by molar-refractivity contribution is 0.374. The molecule has 0 unspecified atom stereocenters. The zero-order valence-corrected chi connectivity index (χ0v) is 12.7. The zero-order valence-electron chi connectivity index (χ0n) is 11.0. The van der Waals surface area contributed by atoms with E-state index in [1.54, 1.807) is 7.05 Å². The lowest BCUT2D eigenvalue weighted by Crippen LogP contribution is -2.27. The Balaban J connectivity index is 1.67. The summed E-state index contributed by atoms with van der Waals surface area (Å²) in [6.45, 7) is 0.368. The lowest BCUT2D eigenvalue weighted by atomic mass is 10.4. The van der Waals surface area contributed by atoms with Gasteiger partial charge >= 0.3 is 0 Å². The van der Waals surface area contributed by atoms with Crippen LogP contribution in [0.3, 0.4) is 0 Å². The van der Waals surface area contributed by atoms with Crippen molar-refractivity contribution in [3.8, 4) is 0 Å². The average Bonchev–Trinajstić information content (AvgIpc) is 2.93. The van der Waals surface area contributed by atoms with E-state index < -0.39 is 10.0 Å². The molecule has 0 aromatic carbocycles. The molecule has 1 fully saturated rings. The van der Waals surface area contributed by atoms with Gasteiger partial charge in [0.2, 0.25) is 15.9 Å². The van der Waals surface area contributed by atoms with E-state index in [-0.39, 0.29) is 11.6 Å². The Morgan fingerprint density at radius 2 is 2.30 bits per heavy atom. The Hall–Kier alpha value is -1.25. The van der Waals surface area contributed by atoms with E-state index in [0.717, 1.165) is 17.7 Å². The molecule has 6 nitrogen and oxygen atoms in total. The molecule has 0 aliphatic heterocycles. The summed E-state index contributed by atoms with van der Waals surface area (Å²) in [4.78, 5) is 5.16. The first-order valence-corrected chi connectivity index (χ1v) is 8.82. The highest BCUT2D eigenvalue weighted by molar-refractivity contribution is 7.88. The number of aromatic nitrogens is 2. The van der Waals surface area contributed by atoms with E-state index in [1.165, 1.54) is 15.6 Å². The van der Waals surface area contributed by atoms with Crippen LogP contribution in [0.2, 0.25) is 0 Å². The fourth-order valence-electron chi connectivity index (χ4n) is 1.82. The third-order valence-corrected chi connectivity index (χ3v) is 5.72. The van der Waals surface area contributed by atoms with Crippen LogP contribution in [-0.2, 0) is 22.3 Å². The molecule has 0 bridgehead atoms. The maximum atomic E-state index is 12.2. The van der Waals surface area contributed by atoms with Gasteiger partial charge in [-0.1, -0.05) is 11.2 Å². The summed E-state index contributed by atoms with van der Waals surface area (Å²) in [6.07, 6.45) is 2.10. The van der Waals surface area contributed by atoms with Crippen molar-refractivity contribution < 1.29 is 12.9 Å². The molecule has 0 spiro atoms. The summed E-state index contributed by atoms with van der Waals surface area (Å²) in [6, 6.07) is 3.82. The van der Waals surface area contributed by atoms with Crippen molar-refractivity contribution in [1.82, 2.24) is 14.4 Å². The van der Waals surface area contributed by atoms with Crippen LogP contribution >= 0.6 is 11.3 Å². The van der Waals surface area contributed by atoms with Gasteiger partial charge in [-0.25, -0.2) is 8.42 Å². The number of nitrogens with zero attached hydrogens (tertiary/aromatic N) is 3. The van der Waals surface area contributed by atoms with Crippen molar-refractivity contribution >= 4 is 21.4 Å². The molecular weight excluding hydrogens is 298 g/mol. The summed E-state index contributed by atoms with van der Waals surface area (Å²) in [7, 11) is -1.86. The minimum absolute atomic E-state index is 0.217. The third kappa shape index (κ3) is 3.08. The molecule has 2 aromatic heterocycles. The Labute approximate surface area is 121 Å². The highest BCUT2D eigenvalue weighted by atomic mass is 32.2. The van der Waals surface area contributed by atoms with Crippen LogP contribution in [0.15, 0.2) is 22.0 Å². The van der Waals surface area contributed by atoms with Gasteiger partial charge in [0.15, 0.2) is 5.82 Å². The van der Waals surface area contributed by atoms with Crippen LogP contribution in [0.1, 0.15) is 35.4 Å². The zero-order chi connectivity index (χ0) is 14.2. The second-order valence-corrected chi connectivity index (χ2v) is 8.02. The van der Waals surface area contributed by atoms with Crippen molar-refractivity contribution in [2.45, 2.75) is 31.1 Å². The molecule has 1 aliphatic carbocycles. The van der Waals surface area contributed by atoms with E-state index in [2.05, 4.69) is 10.1 Å². The predicted octanol–water partition coefficient (Wildman–Crippen LogP) is 1.97. The molecule has 108 valence electrons. The maximum absolute atomic E-state index is 12.2. The smallest absolute Gasteiger partial charge is 0.229 e. The quantitative estimate of drug-likeness (QED) is 0.815. The van der Waals surface area contributed by atoms with Crippen LogP contribution in [0.4, 0.5) is 0 Å². The monoisotopic (exact) mass is 313 g/mol. The van der Waals surface area contributed by atoms with Gasteiger partial charge < -0.3 is 4.52 Å². The van der Waals surface area contributed by atoms with Crippen molar-refractivity contribution in [3.63, 3.8) is 0 Å². The molecule has 2 heterocycles. The second kappa shape index (κ2) is 5.27. The van der Waals surface area contributed by atoms with Crippen molar-refractivity contribution in [1.29, 1.82) is 0 Å². The fraction of sp³-hybridized carbons (Fsp3) is 0.500. The van der Waals surface area contributed by atoms with Crippen LogP contribution < -0.4 is 0 Å². The first kappa shape index (κ1) is 13.7. The van der Waals surface area contributed by atoms with Crippen LogP contribution in [-0.4, -0.2) is 29.9 Å². The van der Waals surface area contributed by atoms with Crippen LogP contribution in [0, 0.1) is 0 Å². The van der Waals surface area contributed by atoms with Gasteiger partial charge in [0, 0.05) is 24.4 Å². The van der Waals surface area contributed by atoms with E-state index in [9.17, 15) is 8.42 Å². The normalized spacial score (nSPS) is 15.9. The van der Waals surface area contributed by atoms with Crippen LogP contribution in [0.25, 0.3) is 0 Å². The van der Waals surface area contributed by atoms with E-state index in [4.69, 9.17) is 4.52 Å². The summed E-state index contributed by atoms with van der Waals surface area (Å²) in [5.41, 5.74) is 0. The largest absolute Gasteiger partial charge is 0.339 e. The summed E-state index contributed by atoms with van der Waals surface area (Å²) in [5.74, 6) is 0.925. The predicted molar refractivity (Wildman–Crippen MR) is 74.7 cm³/mol. The van der Waals surface area contributed by atoms with Crippen LogP contribution in [0.5, 0.6) is 0 Å². The molecule has 0 amide bonds. The lowest BCUT2D eigenvalue weighted by Gasteiger charge is -2.14. The van der Waals surface area contributed by atoms with E-state index in [0.29, 0.717) is 18.4 Å². The summed E-state index contributed by atoms with van der Waals surface area (Å²) < 4.78 is 30.9. The molecular formula is C12H15N3O3S2. The van der Waals surface area contributed by atoms with Gasteiger partial charge in [0.05, 0.1) is 0 Å².